The SMILES string of the molecule is Cc1ccc(Oc2cccc(C(=O)Nc3ccc(F)cc3)c2)cc1. The van der Waals surface area contributed by atoms with Crippen LogP contribution in [0, 0.1) is 12.7 Å². The molecule has 1 N–H and O–H groups in total. The van der Waals surface area contributed by atoms with Crippen molar-refractivity contribution < 1.29 is 13.9 Å². The summed E-state index contributed by atoms with van der Waals surface area (Å²) in [6, 6.07) is 20.2. The number of halogens is 1. The van der Waals surface area contributed by atoms with Crippen molar-refractivity contribution in [1.82, 2.24) is 0 Å². The monoisotopic (exact) mass is 321 g/mol. The van der Waals surface area contributed by atoms with Crippen molar-refractivity contribution in [3.63, 3.8) is 0 Å². The zero-order valence-electron chi connectivity index (χ0n) is 13.1. The average molecular weight is 321 g/mol. The zero-order chi connectivity index (χ0) is 16.9. The van der Waals surface area contributed by atoms with Crippen LogP contribution < -0.4 is 10.1 Å². The average Bonchev–Trinajstić information content (AvgIpc) is 2.59. The third-order valence-corrected chi connectivity index (χ3v) is 3.46. The maximum atomic E-state index is 12.9. The van der Waals surface area contributed by atoms with E-state index in [1.54, 1.807) is 24.3 Å². The third-order valence-electron chi connectivity index (χ3n) is 3.46. The number of carbonyl (C=O) groups is 1. The van der Waals surface area contributed by atoms with E-state index >= 15 is 0 Å². The van der Waals surface area contributed by atoms with Crippen LogP contribution in [0.25, 0.3) is 0 Å². The van der Waals surface area contributed by atoms with E-state index in [1.165, 1.54) is 24.3 Å². The second-order valence-electron chi connectivity index (χ2n) is 5.40. The minimum absolute atomic E-state index is 0.282. The van der Waals surface area contributed by atoms with Gasteiger partial charge in [-0.05, 0) is 61.5 Å². The van der Waals surface area contributed by atoms with Crippen molar-refractivity contribution >= 4 is 11.6 Å². The molecule has 0 bridgehead atoms. The largest absolute Gasteiger partial charge is 0.457 e. The van der Waals surface area contributed by atoms with E-state index in [0.717, 1.165) is 5.56 Å². The maximum absolute atomic E-state index is 12.9. The van der Waals surface area contributed by atoms with Crippen molar-refractivity contribution in [1.29, 1.82) is 0 Å². The molecule has 3 aromatic rings. The lowest BCUT2D eigenvalue weighted by atomic mass is 10.2. The van der Waals surface area contributed by atoms with Gasteiger partial charge in [-0.15, -0.1) is 0 Å². The van der Waals surface area contributed by atoms with E-state index in [9.17, 15) is 9.18 Å². The van der Waals surface area contributed by atoms with Gasteiger partial charge >= 0.3 is 0 Å². The third kappa shape index (κ3) is 3.98. The maximum Gasteiger partial charge on any atom is 0.255 e. The Morgan fingerprint density at radius 2 is 1.62 bits per heavy atom. The number of nitrogens with one attached hydrogen (secondary N) is 1. The molecule has 3 aromatic carbocycles. The van der Waals surface area contributed by atoms with Crippen LogP contribution in [-0.2, 0) is 0 Å². The first-order chi connectivity index (χ1) is 11.6. The van der Waals surface area contributed by atoms with Gasteiger partial charge in [-0.2, -0.15) is 0 Å². The summed E-state index contributed by atoms with van der Waals surface area (Å²) < 4.78 is 18.7. The van der Waals surface area contributed by atoms with Crippen molar-refractivity contribution in [2.24, 2.45) is 0 Å². The summed E-state index contributed by atoms with van der Waals surface area (Å²) in [5.41, 5.74) is 2.14. The highest BCUT2D eigenvalue weighted by Gasteiger charge is 2.08. The number of amides is 1. The van der Waals surface area contributed by atoms with Crippen molar-refractivity contribution in [3.8, 4) is 11.5 Å². The lowest BCUT2D eigenvalue weighted by Crippen LogP contribution is -2.11. The molecule has 0 aliphatic heterocycles. The summed E-state index contributed by atoms with van der Waals surface area (Å²) in [7, 11) is 0. The molecule has 0 unspecified atom stereocenters. The molecule has 0 aliphatic rings. The summed E-state index contributed by atoms with van der Waals surface area (Å²) in [5, 5.41) is 2.72. The number of anilines is 1. The van der Waals surface area contributed by atoms with Crippen molar-refractivity contribution in [2.45, 2.75) is 6.92 Å². The summed E-state index contributed by atoms with van der Waals surface area (Å²) in [5.74, 6) is 0.653. The fourth-order valence-electron chi connectivity index (χ4n) is 2.18. The molecule has 0 saturated carbocycles. The lowest BCUT2D eigenvalue weighted by molar-refractivity contribution is 0.102. The molecule has 0 fully saturated rings. The normalized spacial score (nSPS) is 10.2. The van der Waals surface area contributed by atoms with Crippen molar-refractivity contribution in [3.05, 3.63) is 89.7 Å². The summed E-state index contributed by atoms with van der Waals surface area (Å²) in [6.07, 6.45) is 0. The number of aryl methyl sites for hydroxylation is 1. The van der Waals surface area contributed by atoms with Crippen LogP contribution in [-0.4, -0.2) is 5.91 Å². The first kappa shape index (κ1) is 15.7. The molecule has 0 atom stereocenters. The minimum Gasteiger partial charge on any atom is -0.457 e. The number of carbonyl (C=O) groups excluding carboxylic acids is 1. The molecule has 4 heteroatoms. The summed E-state index contributed by atoms with van der Waals surface area (Å²) in [4.78, 5) is 12.3. The molecule has 1 amide bonds. The van der Waals surface area contributed by atoms with E-state index in [0.29, 0.717) is 22.7 Å². The topological polar surface area (TPSA) is 38.3 Å². The molecule has 24 heavy (non-hydrogen) atoms. The van der Waals surface area contributed by atoms with Gasteiger partial charge in [-0.25, -0.2) is 4.39 Å². The fourth-order valence-corrected chi connectivity index (χ4v) is 2.18. The molecule has 0 heterocycles. The van der Waals surface area contributed by atoms with E-state index in [1.807, 2.05) is 31.2 Å². The van der Waals surface area contributed by atoms with E-state index in [-0.39, 0.29) is 11.7 Å². The molecular weight excluding hydrogens is 305 g/mol. The van der Waals surface area contributed by atoms with Crippen LogP contribution in [0.3, 0.4) is 0 Å². The Labute approximate surface area is 139 Å². The quantitative estimate of drug-likeness (QED) is 0.719. The predicted molar refractivity (Wildman–Crippen MR) is 92.0 cm³/mol. The Bertz CT molecular complexity index is 842. The van der Waals surface area contributed by atoms with Crippen LogP contribution in [0.15, 0.2) is 72.8 Å². The molecule has 0 aliphatic carbocycles. The summed E-state index contributed by atoms with van der Waals surface area (Å²) in [6.45, 7) is 2.00. The number of hydrogen-bond acceptors (Lipinski definition) is 2. The minimum atomic E-state index is -0.346. The second-order valence-corrected chi connectivity index (χ2v) is 5.40. The van der Waals surface area contributed by atoms with Gasteiger partial charge in [0.1, 0.15) is 17.3 Å². The Morgan fingerprint density at radius 1 is 0.917 bits per heavy atom. The molecular formula is C20H16FNO2. The van der Waals surface area contributed by atoms with Crippen LogP contribution in [0.5, 0.6) is 11.5 Å². The van der Waals surface area contributed by atoms with E-state index in [4.69, 9.17) is 4.74 Å². The molecule has 120 valence electrons. The number of ether oxygens (including phenoxy) is 1. The van der Waals surface area contributed by atoms with Crippen LogP contribution in [0.1, 0.15) is 15.9 Å². The Morgan fingerprint density at radius 3 is 2.33 bits per heavy atom. The molecule has 0 aromatic heterocycles. The van der Waals surface area contributed by atoms with E-state index in [2.05, 4.69) is 5.32 Å². The molecule has 0 spiro atoms. The second kappa shape index (κ2) is 6.96. The Kier molecular flexibility index (Phi) is 4.57. The zero-order valence-corrected chi connectivity index (χ0v) is 13.1. The number of benzene rings is 3. The van der Waals surface area contributed by atoms with Gasteiger partial charge in [-0.1, -0.05) is 23.8 Å². The van der Waals surface area contributed by atoms with Gasteiger partial charge in [-0.3, -0.25) is 4.79 Å². The van der Waals surface area contributed by atoms with Gasteiger partial charge in [0, 0.05) is 11.3 Å². The smallest absolute Gasteiger partial charge is 0.255 e. The van der Waals surface area contributed by atoms with Gasteiger partial charge < -0.3 is 10.1 Å². The number of hydrogen-bond donors (Lipinski definition) is 1. The molecule has 0 radical (unpaired) electrons. The van der Waals surface area contributed by atoms with Crippen LogP contribution >= 0.6 is 0 Å². The summed E-state index contributed by atoms with van der Waals surface area (Å²) >= 11 is 0. The molecule has 3 nitrogen and oxygen atoms in total. The lowest BCUT2D eigenvalue weighted by Gasteiger charge is -2.09. The Hall–Kier alpha value is -3.14. The van der Waals surface area contributed by atoms with Gasteiger partial charge in [0.05, 0.1) is 0 Å². The predicted octanol–water partition coefficient (Wildman–Crippen LogP) is 5.18. The van der Waals surface area contributed by atoms with Gasteiger partial charge in [0.2, 0.25) is 0 Å². The van der Waals surface area contributed by atoms with Crippen LogP contribution in [0.4, 0.5) is 10.1 Å². The fraction of sp³-hybridized carbons (Fsp3) is 0.0500. The standard InChI is InChI=1S/C20H16FNO2/c1-14-5-11-18(12-6-14)24-19-4-2-3-15(13-19)20(23)22-17-9-7-16(21)8-10-17/h2-13H,1H3,(H,22,23). The van der Waals surface area contributed by atoms with E-state index < -0.39 is 0 Å². The molecule has 3 rings (SSSR count). The highest BCUT2D eigenvalue weighted by atomic mass is 19.1. The first-order valence-corrected chi connectivity index (χ1v) is 7.52. The molecule has 0 saturated heterocycles. The van der Waals surface area contributed by atoms with Crippen LogP contribution in [0.2, 0.25) is 0 Å². The number of rotatable bonds is 4. The Balaban J connectivity index is 1.73. The first-order valence-electron chi connectivity index (χ1n) is 7.52. The van der Waals surface area contributed by atoms with Crippen molar-refractivity contribution in [2.75, 3.05) is 5.32 Å². The highest BCUT2D eigenvalue weighted by Crippen LogP contribution is 2.23. The highest BCUT2D eigenvalue weighted by molar-refractivity contribution is 6.04. The van der Waals surface area contributed by atoms with Gasteiger partial charge in [0.15, 0.2) is 0 Å². The van der Waals surface area contributed by atoms with Gasteiger partial charge in [0.25, 0.3) is 5.91 Å².